The molecule has 0 radical (unpaired) electrons. The Morgan fingerprint density at radius 2 is 2.05 bits per heavy atom. The lowest BCUT2D eigenvalue weighted by molar-refractivity contribution is -0.385. The van der Waals surface area contributed by atoms with Gasteiger partial charge in [0.2, 0.25) is 5.91 Å². The summed E-state index contributed by atoms with van der Waals surface area (Å²) in [5, 5.41) is 13.7. The summed E-state index contributed by atoms with van der Waals surface area (Å²) < 4.78 is 0. The lowest BCUT2D eigenvalue weighted by Crippen LogP contribution is -2.36. The summed E-state index contributed by atoms with van der Waals surface area (Å²) in [4.78, 5) is 24.9. The van der Waals surface area contributed by atoms with Gasteiger partial charge in [0.15, 0.2) is 0 Å². The summed E-state index contributed by atoms with van der Waals surface area (Å²) in [6.07, 6.45) is 1.66. The van der Waals surface area contributed by atoms with Gasteiger partial charge >= 0.3 is 0 Å². The van der Waals surface area contributed by atoms with Gasteiger partial charge in [0.25, 0.3) is 5.69 Å². The Kier molecular flexibility index (Phi) is 4.34. The van der Waals surface area contributed by atoms with Crippen molar-refractivity contribution in [2.24, 2.45) is 5.92 Å². The molecule has 0 aromatic heterocycles. The molecule has 1 N–H and O–H groups in total. The number of hydrogen-bond acceptors (Lipinski definition) is 4. The Hall–Kier alpha value is -1.95. The smallest absolute Gasteiger partial charge is 0.274 e. The number of nitrogens with zero attached hydrogens (tertiary/aromatic N) is 2. The molecule has 1 aromatic carbocycles. The zero-order valence-electron chi connectivity index (χ0n) is 11.8. The van der Waals surface area contributed by atoms with Crippen molar-refractivity contribution < 1.29 is 9.72 Å². The second-order valence-electron chi connectivity index (χ2n) is 5.27. The van der Waals surface area contributed by atoms with E-state index < -0.39 is 4.92 Å². The van der Waals surface area contributed by atoms with Crippen LogP contribution in [-0.2, 0) is 4.79 Å². The minimum absolute atomic E-state index is 0.00939. The lowest BCUT2D eigenvalue weighted by atomic mass is 9.96. The average molecular weight is 277 g/mol. The lowest BCUT2D eigenvalue weighted by Gasteiger charge is -2.28. The third-order valence-electron chi connectivity index (χ3n) is 3.85. The van der Waals surface area contributed by atoms with Gasteiger partial charge in [0, 0.05) is 12.0 Å². The number of likely N-dealkylation sites (tertiary alicyclic amines) is 1. The molecule has 0 aliphatic carbocycles. The van der Waals surface area contributed by atoms with Crippen LogP contribution in [0.3, 0.4) is 0 Å². The molecule has 1 heterocycles. The molecular weight excluding hydrogens is 258 g/mol. The van der Waals surface area contributed by atoms with E-state index >= 15 is 0 Å². The first kappa shape index (κ1) is 14.5. The fourth-order valence-electron chi connectivity index (χ4n) is 2.46. The van der Waals surface area contributed by atoms with Crippen LogP contribution in [-0.4, -0.2) is 35.9 Å². The van der Waals surface area contributed by atoms with E-state index in [0.717, 1.165) is 25.9 Å². The van der Waals surface area contributed by atoms with Gasteiger partial charge in [-0.05, 0) is 46.0 Å². The molecule has 0 unspecified atom stereocenters. The first-order chi connectivity index (χ1) is 9.49. The van der Waals surface area contributed by atoms with Gasteiger partial charge in [-0.3, -0.25) is 14.9 Å². The second kappa shape index (κ2) is 6.00. The van der Waals surface area contributed by atoms with Crippen LogP contribution in [0.15, 0.2) is 18.2 Å². The Labute approximate surface area is 117 Å². The van der Waals surface area contributed by atoms with Gasteiger partial charge in [-0.1, -0.05) is 6.07 Å². The van der Waals surface area contributed by atoms with Gasteiger partial charge in [-0.2, -0.15) is 0 Å². The highest BCUT2D eigenvalue weighted by atomic mass is 16.6. The number of nitro groups is 1. The number of nitrogens with one attached hydrogen (secondary N) is 1. The minimum Gasteiger partial charge on any atom is -0.325 e. The van der Waals surface area contributed by atoms with Crippen LogP contribution in [0.4, 0.5) is 11.4 Å². The molecule has 108 valence electrons. The Balaban J connectivity index is 2.08. The Morgan fingerprint density at radius 1 is 1.40 bits per heavy atom. The maximum Gasteiger partial charge on any atom is 0.274 e. The molecule has 2 rings (SSSR count). The SMILES string of the molecule is Cc1c(NC(=O)C2CCN(C)CC2)cccc1[N+](=O)[O-]. The normalized spacial score (nSPS) is 16.9. The van der Waals surface area contributed by atoms with Gasteiger partial charge in [0.1, 0.15) is 0 Å². The highest BCUT2D eigenvalue weighted by molar-refractivity contribution is 5.93. The summed E-state index contributed by atoms with van der Waals surface area (Å²) in [6, 6.07) is 4.74. The van der Waals surface area contributed by atoms with E-state index in [4.69, 9.17) is 0 Å². The topological polar surface area (TPSA) is 75.5 Å². The third kappa shape index (κ3) is 3.14. The number of hydrogen-bond donors (Lipinski definition) is 1. The van der Waals surface area contributed by atoms with E-state index in [1.165, 1.54) is 6.07 Å². The first-order valence-electron chi connectivity index (χ1n) is 6.72. The number of amides is 1. The van der Waals surface area contributed by atoms with Gasteiger partial charge in [0.05, 0.1) is 16.2 Å². The van der Waals surface area contributed by atoms with Crippen molar-refractivity contribution in [3.05, 3.63) is 33.9 Å². The van der Waals surface area contributed by atoms with Crippen LogP contribution >= 0.6 is 0 Å². The maximum atomic E-state index is 12.2. The highest BCUT2D eigenvalue weighted by Gasteiger charge is 2.24. The number of rotatable bonds is 3. The highest BCUT2D eigenvalue weighted by Crippen LogP contribution is 2.26. The van der Waals surface area contributed by atoms with Crippen LogP contribution in [0.2, 0.25) is 0 Å². The number of benzene rings is 1. The zero-order chi connectivity index (χ0) is 14.7. The monoisotopic (exact) mass is 277 g/mol. The summed E-state index contributed by atoms with van der Waals surface area (Å²) >= 11 is 0. The standard InChI is InChI=1S/C14H19N3O3/c1-10-12(4-3-5-13(10)17(19)20)15-14(18)11-6-8-16(2)9-7-11/h3-5,11H,6-9H2,1-2H3,(H,15,18). The molecule has 1 saturated heterocycles. The van der Waals surface area contributed by atoms with Crippen molar-refractivity contribution in [1.82, 2.24) is 4.90 Å². The third-order valence-corrected chi connectivity index (χ3v) is 3.85. The van der Waals surface area contributed by atoms with Crippen molar-refractivity contribution in [2.75, 3.05) is 25.5 Å². The number of carbonyl (C=O) groups excluding carboxylic acids is 1. The largest absolute Gasteiger partial charge is 0.325 e. The zero-order valence-corrected chi connectivity index (χ0v) is 11.8. The number of piperidine rings is 1. The molecule has 20 heavy (non-hydrogen) atoms. The predicted octanol–water partition coefficient (Wildman–Crippen LogP) is 2.18. The van der Waals surface area contributed by atoms with E-state index in [1.54, 1.807) is 19.1 Å². The van der Waals surface area contributed by atoms with Gasteiger partial charge < -0.3 is 10.2 Å². The van der Waals surface area contributed by atoms with Gasteiger partial charge in [-0.15, -0.1) is 0 Å². The molecule has 0 atom stereocenters. The molecule has 0 spiro atoms. The molecule has 6 nitrogen and oxygen atoms in total. The van der Waals surface area contributed by atoms with Crippen LogP contribution in [0.1, 0.15) is 18.4 Å². The van der Waals surface area contributed by atoms with Gasteiger partial charge in [-0.25, -0.2) is 0 Å². The molecule has 1 aliphatic rings. The fourth-order valence-corrected chi connectivity index (χ4v) is 2.46. The quantitative estimate of drug-likeness (QED) is 0.678. The fraction of sp³-hybridized carbons (Fsp3) is 0.500. The average Bonchev–Trinajstić information content (AvgIpc) is 2.41. The minimum atomic E-state index is -0.430. The van der Waals surface area contributed by atoms with Crippen molar-refractivity contribution in [1.29, 1.82) is 0 Å². The van der Waals surface area contributed by atoms with E-state index in [1.807, 2.05) is 7.05 Å². The Morgan fingerprint density at radius 3 is 2.65 bits per heavy atom. The molecule has 1 aromatic rings. The van der Waals surface area contributed by atoms with E-state index in [0.29, 0.717) is 11.3 Å². The number of nitro benzene ring substituents is 1. The van der Waals surface area contributed by atoms with Crippen LogP contribution in [0, 0.1) is 23.0 Å². The first-order valence-corrected chi connectivity index (χ1v) is 6.72. The van der Waals surface area contributed by atoms with Crippen LogP contribution in [0.25, 0.3) is 0 Å². The summed E-state index contributed by atoms with van der Waals surface area (Å²) in [5.41, 5.74) is 1.06. The van der Waals surface area contributed by atoms with Crippen LogP contribution < -0.4 is 5.32 Å². The molecule has 6 heteroatoms. The summed E-state index contributed by atoms with van der Waals surface area (Å²) in [6.45, 7) is 3.47. The molecular formula is C14H19N3O3. The van der Waals surface area contributed by atoms with E-state index in [-0.39, 0.29) is 17.5 Å². The molecule has 1 aliphatic heterocycles. The molecule has 0 saturated carbocycles. The summed E-state index contributed by atoms with van der Waals surface area (Å²) in [5.74, 6) is -0.0495. The Bertz CT molecular complexity index is 522. The van der Waals surface area contributed by atoms with Crippen molar-refractivity contribution in [2.45, 2.75) is 19.8 Å². The molecule has 1 fully saturated rings. The summed E-state index contributed by atoms with van der Waals surface area (Å²) in [7, 11) is 2.04. The second-order valence-corrected chi connectivity index (χ2v) is 5.27. The van der Waals surface area contributed by atoms with E-state index in [9.17, 15) is 14.9 Å². The van der Waals surface area contributed by atoms with Crippen molar-refractivity contribution in [3.8, 4) is 0 Å². The maximum absolute atomic E-state index is 12.2. The number of carbonyl (C=O) groups is 1. The molecule has 1 amide bonds. The van der Waals surface area contributed by atoms with Crippen LogP contribution in [0.5, 0.6) is 0 Å². The van der Waals surface area contributed by atoms with E-state index in [2.05, 4.69) is 10.2 Å². The number of anilines is 1. The van der Waals surface area contributed by atoms with Crippen molar-refractivity contribution >= 4 is 17.3 Å². The van der Waals surface area contributed by atoms with Crippen molar-refractivity contribution in [3.63, 3.8) is 0 Å². The molecule has 0 bridgehead atoms. The predicted molar refractivity (Wildman–Crippen MR) is 76.7 cm³/mol.